The lowest BCUT2D eigenvalue weighted by molar-refractivity contribution is 0.458. The highest BCUT2D eigenvalue weighted by Crippen LogP contribution is 2.36. The number of tetrazole rings is 1. The van der Waals surface area contributed by atoms with Gasteiger partial charge in [-0.25, -0.2) is 4.39 Å². The number of aromatic amines is 1. The number of hydrogen-bond acceptors (Lipinski definition) is 4. The first kappa shape index (κ1) is 21.4. The summed E-state index contributed by atoms with van der Waals surface area (Å²) in [5.41, 5.74) is 3.48. The lowest BCUT2D eigenvalue weighted by atomic mass is 9.96. The van der Waals surface area contributed by atoms with Crippen molar-refractivity contribution in [2.45, 2.75) is 44.2 Å². The Bertz CT molecular complexity index is 1150. The predicted molar refractivity (Wildman–Crippen MR) is 123 cm³/mol. The summed E-state index contributed by atoms with van der Waals surface area (Å²) in [4.78, 5) is 0. The van der Waals surface area contributed by atoms with Crippen molar-refractivity contribution < 1.29 is 4.39 Å². The normalized spacial score (nSPS) is 19.3. The number of rotatable bonds is 5. The smallest absolute Gasteiger partial charge is 0.204 e. The fourth-order valence-corrected chi connectivity index (χ4v) is 4.73. The molecule has 1 heterocycles. The number of aromatic nitrogens is 4. The number of fused-ring (bicyclic) bond motifs is 1. The second-order valence-corrected chi connectivity index (χ2v) is 8.13. The van der Waals surface area contributed by atoms with Crippen LogP contribution in [0.15, 0.2) is 60.7 Å². The summed E-state index contributed by atoms with van der Waals surface area (Å²) in [7, 11) is 0. The molecule has 0 spiro atoms. The van der Waals surface area contributed by atoms with Gasteiger partial charge < -0.3 is 5.32 Å². The van der Waals surface area contributed by atoms with Crippen molar-refractivity contribution >= 4 is 23.2 Å². The van der Waals surface area contributed by atoms with Crippen molar-refractivity contribution in [3.05, 3.63) is 77.6 Å². The molecule has 4 aromatic rings. The first-order chi connectivity index (χ1) is 14.7. The zero-order valence-corrected chi connectivity index (χ0v) is 18.1. The summed E-state index contributed by atoms with van der Waals surface area (Å²) in [6, 6.07) is 20.3. The maximum Gasteiger partial charge on any atom is 0.204 e. The first-order valence-electron chi connectivity index (χ1n) is 10.5. The molecule has 3 aromatic carbocycles. The van der Waals surface area contributed by atoms with E-state index in [0.717, 1.165) is 35.8 Å². The molecule has 1 saturated carbocycles. The Hall–Kier alpha value is -2.83. The zero-order valence-electron chi connectivity index (χ0n) is 17.3. The molecule has 1 fully saturated rings. The van der Waals surface area contributed by atoms with Crippen LogP contribution >= 0.6 is 12.4 Å². The highest BCUT2D eigenvalue weighted by molar-refractivity contribution is 5.86. The summed E-state index contributed by atoms with van der Waals surface area (Å²) in [6.45, 7) is 2.17. The molecule has 1 aliphatic rings. The van der Waals surface area contributed by atoms with E-state index in [2.05, 4.69) is 57.1 Å². The number of benzene rings is 3. The third kappa shape index (κ3) is 4.31. The second kappa shape index (κ2) is 9.12. The van der Waals surface area contributed by atoms with E-state index >= 15 is 0 Å². The van der Waals surface area contributed by atoms with Crippen molar-refractivity contribution in [1.29, 1.82) is 0 Å². The van der Waals surface area contributed by atoms with E-state index in [4.69, 9.17) is 0 Å². The molecule has 1 aliphatic carbocycles. The minimum absolute atomic E-state index is 0. The van der Waals surface area contributed by atoms with Crippen molar-refractivity contribution in [2.24, 2.45) is 0 Å². The molecule has 31 heavy (non-hydrogen) atoms. The van der Waals surface area contributed by atoms with Crippen LogP contribution in [0.2, 0.25) is 0 Å². The summed E-state index contributed by atoms with van der Waals surface area (Å²) >= 11 is 0. The van der Waals surface area contributed by atoms with E-state index in [0.29, 0.717) is 23.2 Å². The Kier molecular flexibility index (Phi) is 6.30. The van der Waals surface area contributed by atoms with Crippen LogP contribution in [-0.4, -0.2) is 26.7 Å². The molecule has 5 rings (SSSR count). The highest BCUT2D eigenvalue weighted by atomic mass is 35.5. The minimum Gasteiger partial charge on any atom is -0.307 e. The number of H-pyrrole nitrogens is 1. The monoisotopic (exact) mass is 437 g/mol. The van der Waals surface area contributed by atoms with Crippen molar-refractivity contribution in [3.8, 4) is 11.4 Å². The van der Waals surface area contributed by atoms with Crippen LogP contribution < -0.4 is 5.32 Å². The average Bonchev–Trinajstić information content (AvgIpc) is 3.47. The summed E-state index contributed by atoms with van der Waals surface area (Å²) in [5.74, 6) is 0.999. The van der Waals surface area contributed by atoms with Gasteiger partial charge in [-0.1, -0.05) is 54.6 Å². The number of halogens is 2. The molecule has 2 unspecified atom stereocenters. The molecule has 160 valence electrons. The molecule has 5 nitrogen and oxygen atoms in total. The number of nitrogens with zero attached hydrogens (tertiary/aromatic N) is 3. The van der Waals surface area contributed by atoms with Gasteiger partial charge in [-0.2, -0.15) is 5.21 Å². The van der Waals surface area contributed by atoms with Gasteiger partial charge in [-0.15, -0.1) is 22.6 Å². The second-order valence-electron chi connectivity index (χ2n) is 8.13. The van der Waals surface area contributed by atoms with Crippen LogP contribution in [0.1, 0.15) is 49.3 Å². The van der Waals surface area contributed by atoms with E-state index in [1.54, 1.807) is 6.07 Å². The SMILES string of the molecule is C[C@@H](NC1CCC(c2ccc(-c3nn[nH]n3)cc2)C1)c1ccc(F)c2ccccc12.Cl. The van der Waals surface area contributed by atoms with Crippen LogP contribution in [0, 0.1) is 5.82 Å². The van der Waals surface area contributed by atoms with Gasteiger partial charge in [0.25, 0.3) is 0 Å². The topological polar surface area (TPSA) is 66.5 Å². The summed E-state index contributed by atoms with van der Waals surface area (Å²) in [6.07, 6.45) is 3.40. The predicted octanol–water partition coefficient (Wildman–Crippen LogP) is 5.57. The Morgan fingerprint density at radius 2 is 1.77 bits per heavy atom. The van der Waals surface area contributed by atoms with Gasteiger partial charge in [0.15, 0.2) is 0 Å². The number of hydrogen-bond donors (Lipinski definition) is 2. The molecule has 1 aromatic heterocycles. The van der Waals surface area contributed by atoms with Crippen molar-refractivity contribution in [1.82, 2.24) is 25.9 Å². The lowest BCUT2D eigenvalue weighted by Gasteiger charge is -2.22. The van der Waals surface area contributed by atoms with E-state index in [1.165, 1.54) is 5.56 Å². The average molecular weight is 438 g/mol. The molecule has 0 saturated heterocycles. The molecule has 2 N–H and O–H groups in total. The van der Waals surface area contributed by atoms with Gasteiger partial charge in [-0.05, 0) is 59.9 Å². The molecule has 7 heteroatoms. The molecular weight excluding hydrogens is 413 g/mol. The van der Waals surface area contributed by atoms with Crippen LogP contribution in [-0.2, 0) is 0 Å². The summed E-state index contributed by atoms with van der Waals surface area (Å²) in [5, 5.41) is 19.6. The minimum atomic E-state index is -0.160. The van der Waals surface area contributed by atoms with Crippen molar-refractivity contribution in [3.63, 3.8) is 0 Å². The van der Waals surface area contributed by atoms with Crippen LogP contribution in [0.5, 0.6) is 0 Å². The molecule has 3 atom stereocenters. The molecule has 0 amide bonds. The Labute approximate surface area is 186 Å². The summed E-state index contributed by atoms with van der Waals surface area (Å²) < 4.78 is 14.2. The Morgan fingerprint density at radius 1 is 1.00 bits per heavy atom. The van der Waals surface area contributed by atoms with Gasteiger partial charge in [-0.3, -0.25) is 0 Å². The fraction of sp³-hybridized carbons (Fsp3) is 0.292. The van der Waals surface area contributed by atoms with Gasteiger partial charge in [0, 0.05) is 23.0 Å². The number of nitrogens with one attached hydrogen (secondary N) is 2. The first-order valence-corrected chi connectivity index (χ1v) is 10.5. The lowest BCUT2D eigenvalue weighted by Crippen LogP contribution is -2.29. The quantitative estimate of drug-likeness (QED) is 0.428. The molecule has 0 radical (unpaired) electrons. The van der Waals surface area contributed by atoms with E-state index in [1.807, 2.05) is 30.3 Å². The highest BCUT2D eigenvalue weighted by Gasteiger charge is 2.27. The van der Waals surface area contributed by atoms with Gasteiger partial charge >= 0.3 is 0 Å². The van der Waals surface area contributed by atoms with Gasteiger partial charge in [0.05, 0.1) is 0 Å². The van der Waals surface area contributed by atoms with E-state index < -0.39 is 0 Å². The maximum atomic E-state index is 14.2. The maximum absolute atomic E-state index is 14.2. The van der Waals surface area contributed by atoms with E-state index in [-0.39, 0.29) is 24.3 Å². The largest absolute Gasteiger partial charge is 0.307 e. The third-order valence-electron chi connectivity index (χ3n) is 6.28. The zero-order chi connectivity index (χ0) is 20.5. The van der Waals surface area contributed by atoms with Gasteiger partial charge in [0.1, 0.15) is 5.82 Å². The van der Waals surface area contributed by atoms with Crippen LogP contribution in [0.25, 0.3) is 22.2 Å². The molecular formula is C24H25ClFN5. The molecule has 0 bridgehead atoms. The Morgan fingerprint density at radius 3 is 2.52 bits per heavy atom. The molecule has 0 aliphatic heterocycles. The van der Waals surface area contributed by atoms with Crippen LogP contribution in [0.3, 0.4) is 0 Å². The third-order valence-corrected chi connectivity index (χ3v) is 6.28. The van der Waals surface area contributed by atoms with Crippen molar-refractivity contribution in [2.75, 3.05) is 0 Å². The van der Waals surface area contributed by atoms with Crippen LogP contribution in [0.4, 0.5) is 4.39 Å². The van der Waals surface area contributed by atoms with E-state index in [9.17, 15) is 4.39 Å². The fourth-order valence-electron chi connectivity index (χ4n) is 4.73. The Balaban J connectivity index is 0.00000231. The standard InChI is InChI=1S/C24H24FN5.ClH/c1-15(20-12-13-23(25)22-5-3-2-4-21(20)22)26-19-11-10-18(14-19)16-6-8-17(9-7-16)24-27-29-30-28-24;/h2-9,12-13,15,18-19,26H,10-11,14H2,1H3,(H,27,28,29,30);1H/t15-,18?,19?;/m1./s1. The van der Waals surface area contributed by atoms with Gasteiger partial charge in [0.2, 0.25) is 5.82 Å².